The maximum absolute atomic E-state index is 12.3. The van der Waals surface area contributed by atoms with Crippen LogP contribution in [0.25, 0.3) is 0 Å². The van der Waals surface area contributed by atoms with Crippen LogP contribution in [0.5, 0.6) is 11.5 Å². The SMILES string of the molecule is COC1=CC=C(/C=C/C(=O)OCCCCCCCCCCCCCCCCCCCCCCCCCCCCCCCC(=O)O)CC1(O)c1ccc(OC)c(O)c1. The molecule has 0 radical (unpaired) electrons. The van der Waals surface area contributed by atoms with E-state index in [0.29, 0.717) is 30.1 Å². The molecule has 1 atom stereocenters. The maximum Gasteiger partial charge on any atom is 0.330 e. The fourth-order valence-electron chi connectivity index (χ4n) is 7.85. The lowest BCUT2D eigenvalue weighted by molar-refractivity contribution is -0.138. The quantitative estimate of drug-likeness (QED) is 0.0346. The predicted octanol–water partition coefficient (Wildman–Crippen LogP) is 13.3. The number of methoxy groups -OCH3 is 2. The number of aromatic hydroxyl groups is 1. The van der Waals surface area contributed by atoms with Gasteiger partial charge in [-0.05, 0) is 42.2 Å². The monoisotopic (exact) mass is 797 g/mol. The highest BCUT2D eigenvalue weighted by Gasteiger charge is 2.38. The summed E-state index contributed by atoms with van der Waals surface area (Å²) in [6, 6.07) is 4.75. The van der Waals surface area contributed by atoms with E-state index < -0.39 is 17.5 Å². The number of carboxylic acid groups (broad SMARTS) is 1. The molecule has 57 heavy (non-hydrogen) atoms. The second kappa shape index (κ2) is 32.7. The van der Waals surface area contributed by atoms with E-state index in [-0.39, 0.29) is 12.2 Å². The lowest BCUT2D eigenvalue weighted by atomic mass is 9.81. The first kappa shape index (κ1) is 49.9. The molecule has 1 aliphatic carbocycles. The van der Waals surface area contributed by atoms with Gasteiger partial charge in [0.2, 0.25) is 0 Å². The number of carbonyl (C=O) groups excluding carboxylic acids is 1. The van der Waals surface area contributed by atoms with E-state index in [2.05, 4.69) is 0 Å². The molecule has 324 valence electrons. The van der Waals surface area contributed by atoms with Crippen LogP contribution in [0.2, 0.25) is 0 Å². The Morgan fingerprint density at radius 2 is 1.04 bits per heavy atom. The molecule has 0 aliphatic heterocycles. The number of aliphatic carboxylic acids is 1. The molecule has 0 saturated carbocycles. The number of phenolic OH excluding ortho intramolecular Hbond substituents is 1. The molecule has 0 amide bonds. The van der Waals surface area contributed by atoms with Crippen molar-refractivity contribution >= 4 is 11.9 Å². The fourth-order valence-corrected chi connectivity index (χ4v) is 7.85. The maximum atomic E-state index is 12.3. The third kappa shape index (κ3) is 23.7. The predicted molar refractivity (Wildman–Crippen MR) is 233 cm³/mol. The van der Waals surface area contributed by atoms with Gasteiger partial charge in [0.1, 0.15) is 5.76 Å². The van der Waals surface area contributed by atoms with Crippen molar-refractivity contribution in [1.29, 1.82) is 0 Å². The Morgan fingerprint density at radius 3 is 1.42 bits per heavy atom. The summed E-state index contributed by atoms with van der Waals surface area (Å²) in [5, 5.41) is 30.4. The lowest BCUT2D eigenvalue weighted by Gasteiger charge is -2.33. The van der Waals surface area contributed by atoms with Crippen LogP contribution in [-0.4, -0.2) is 48.1 Å². The van der Waals surface area contributed by atoms with Gasteiger partial charge in [-0.2, -0.15) is 0 Å². The molecular weight excluding hydrogens is 717 g/mol. The highest BCUT2D eigenvalue weighted by molar-refractivity contribution is 5.82. The Morgan fingerprint density at radius 1 is 0.614 bits per heavy atom. The zero-order valence-electron chi connectivity index (χ0n) is 36.1. The van der Waals surface area contributed by atoms with Crippen molar-refractivity contribution in [2.75, 3.05) is 20.8 Å². The smallest absolute Gasteiger partial charge is 0.330 e. The molecule has 1 aliphatic rings. The van der Waals surface area contributed by atoms with Crippen molar-refractivity contribution in [2.24, 2.45) is 0 Å². The number of ether oxygens (including phenoxy) is 3. The minimum Gasteiger partial charge on any atom is -0.504 e. The molecule has 2 rings (SSSR count). The second-order valence-electron chi connectivity index (χ2n) is 16.3. The Kier molecular flexibility index (Phi) is 28.6. The molecule has 1 aromatic carbocycles. The van der Waals surface area contributed by atoms with Crippen LogP contribution in [0.3, 0.4) is 0 Å². The number of hydrogen-bond acceptors (Lipinski definition) is 7. The number of phenols is 1. The molecule has 0 heterocycles. The van der Waals surface area contributed by atoms with Gasteiger partial charge in [-0.1, -0.05) is 192 Å². The molecule has 0 spiro atoms. The van der Waals surface area contributed by atoms with E-state index in [4.69, 9.17) is 19.3 Å². The van der Waals surface area contributed by atoms with Gasteiger partial charge in [-0.25, -0.2) is 4.79 Å². The molecule has 0 saturated heterocycles. The molecule has 8 heteroatoms. The summed E-state index contributed by atoms with van der Waals surface area (Å²) in [5.41, 5.74) is -0.292. The molecule has 1 unspecified atom stereocenters. The molecule has 1 aromatic rings. The van der Waals surface area contributed by atoms with Crippen molar-refractivity contribution in [2.45, 2.75) is 205 Å². The number of carboxylic acids is 1. The van der Waals surface area contributed by atoms with E-state index in [1.165, 1.54) is 187 Å². The molecular formula is C49H80O8. The Labute approximate surface area is 346 Å². The van der Waals surface area contributed by atoms with Gasteiger partial charge in [0.25, 0.3) is 0 Å². The number of hydrogen-bond donors (Lipinski definition) is 3. The van der Waals surface area contributed by atoms with Gasteiger partial charge in [-0.15, -0.1) is 0 Å². The van der Waals surface area contributed by atoms with E-state index in [1.54, 1.807) is 30.4 Å². The highest BCUT2D eigenvalue weighted by atomic mass is 16.5. The summed E-state index contributed by atoms with van der Waals surface area (Å²) < 4.78 is 16.0. The third-order valence-corrected chi connectivity index (χ3v) is 11.4. The summed E-state index contributed by atoms with van der Waals surface area (Å²) >= 11 is 0. The van der Waals surface area contributed by atoms with Crippen LogP contribution in [0.15, 0.2) is 53.8 Å². The number of carbonyl (C=O) groups is 2. The summed E-state index contributed by atoms with van der Waals surface area (Å²) in [5.74, 6) is -0.465. The van der Waals surface area contributed by atoms with Crippen molar-refractivity contribution in [3.63, 3.8) is 0 Å². The fraction of sp³-hybridized carbons (Fsp3) is 0.714. The second-order valence-corrected chi connectivity index (χ2v) is 16.3. The zero-order chi connectivity index (χ0) is 41.2. The number of rotatable bonds is 37. The van der Waals surface area contributed by atoms with E-state index >= 15 is 0 Å². The number of unbranched alkanes of at least 4 members (excludes halogenated alkanes) is 28. The molecule has 0 aromatic heterocycles. The normalized spacial score (nSPS) is 15.4. The minimum atomic E-state index is -1.49. The Bertz CT molecular complexity index is 1300. The van der Waals surface area contributed by atoms with Gasteiger partial charge in [0.05, 0.1) is 20.8 Å². The first-order chi connectivity index (χ1) is 27.8. The van der Waals surface area contributed by atoms with Gasteiger partial charge < -0.3 is 29.5 Å². The number of allylic oxidation sites excluding steroid dienone is 3. The van der Waals surface area contributed by atoms with Crippen LogP contribution in [0, 0.1) is 0 Å². The van der Waals surface area contributed by atoms with E-state index in [1.807, 2.05) is 0 Å². The van der Waals surface area contributed by atoms with Crippen LogP contribution >= 0.6 is 0 Å². The van der Waals surface area contributed by atoms with Gasteiger partial charge in [-0.3, -0.25) is 4.79 Å². The standard InChI is InChI=1S/C49H80O8/c1-55-45-36-35-43(40-44(45)50)49(54)41-42(33-37-46(49)56-2)34-38-48(53)57-39-31-29-27-25-23-21-19-17-15-13-11-9-7-5-3-4-6-8-10-12-14-16-18-20-22-24-26-28-30-32-47(51)52/h33-38,40,50,54H,3-32,39,41H2,1-2H3,(H,51,52)/b38-34+. The summed E-state index contributed by atoms with van der Waals surface area (Å²) in [7, 11) is 2.96. The average Bonchev–Trinajstić information content (AvgIpc) is 3.20. The average molecular weight is 797 g/mol. The number of aliphatic hydroxyl groups is 1. The van der Waals surface area contributed by atoms with Crippen LogP contribution in [-0.2, 0) is 24.7 Å². The van der Waals surface area contributed by atoms with E-state index in [9.17, 15) is 19.8 Å². The third-order valence-electron chi connectivity index (χ3n) is 11.4. The van der Waals surface area contributed by atoms with Gasteiger partial charge in [0, 0.05) is 18.9 Å². The van der Waals surface area contributed by atoms with Crippen molar-refractivity contribution in [3.8, 4) is 11.5 Å². The summed E-state index contributed by atoms with van der Waals surface area (Å²) in [6.45, 7) is 0.412. The van der Waals surface area contributed by atoms with Crippen LogP contribution in [0.4, 0.5) is 0 Å². The molecule has 3 N–H and O–H groups in total. The first-order valence-corrected chi connectivity index (χ1v) is 22.9. The number of benzene rings is 1. The van der Waals surface area contributed by atoms with Crippen molar-refractivity contribution in [3.05, 3.63) is 59.4 Å². The Hall–Kier alpha value is -3.26. The summed E-state index contributed by atoms with van der Waals surface area (Å²) in [4.78, 5) is 22.8. The largest absolute Gasteiger partial charge is 0.504 e. The Balaban J connectivity index is 1.31. The topological polar surface area (TPSA) is 123 Å². The van der Waals surface area contributed by atoms with Gasteiger partial charge in [0.15, 0.2) is 17.1 Å². The lowest BCUT2D eigenvalue weighted by Crippen LogP contribution is -2.31. The van der Waals surface area contributed by atoms with E-state index in [0.717, 1.165) is 31.3 Å². The van der Waals surface area contributed by atoms with Crippen LogP contribution in [0.1, 0.15) is 205 Å². The van der Waals surface area contributed by atoms with Crippen molar-refractivity contribution in [1.82, 2.24) is 0 Å². The summed E-state index contributed by atoms with van der Waals surface area (Å²) in [6.07, 6.45) is 44.8. The van der Waals surface area contributed by atoms with Crippen LogP contribution < -0.4 is 4.74 Å². The molecule has 8 nitrogen and oxygen atoms in total. The molecule has 0 bridgehead atoms. The highest BCUT2D eigenvalue weighted by Crippen LogP contribution is 2.42. The minimum absolute atomic E-state index is 0.0739. The molecule has 0 fully saturated rings. The number of esters is 1. The zero-order valence-corrected chi connectivity index (χ0v) is 36.1. The van der Waals surface area contributed by atoms with Gasteiger partial charge >= 0.3 is 11.9 Å². The van der Waals surface area contributed by atoms with Crippen molar-refractivity contribution < 1.29 is 39.1 Å². The first-order valence-electron chi connectivity index (χ1n) is 22.9.